The van der Waals surface area contributed by atoms with Gasteiger partial charge in [-0.1, -0.05) is 86.1 Å². The number of halogens is 1. The number of rotatable bonds is 17. The normalized spacial score (nSPS) is 20.3. The first kappa shape index (κ1) is 38.0. The van der Waals surface area contributed by atoms with Crippen molar-refractivity contribution in [2.45, 2.75) is 71.4 Å². The van der Waals surface area contributed by atoms with Gasteiger partial charge in [-0.05, 0) is 66.7 Å². The zero-order valence-electron chi connectivity index (χ0n) is 29.8. The average Bonchev–Trinajstić information content (AvgIpc) is 3.52. The van der Waals surface area contributed by atoms with Gasteiger partial charge in [0.1, 0.15) is 30.3 Å². The van der Waals surface area contributed by atoms with Crippen LogP contribution in [0.15, 0.2) is 78.9 Å². The van der Waals surface area contributed by atoms with Crippen molar-refractivity contribution >= 4 is 17.2 Å². The summed E-state index contributed by atoms with van der Waals surface area (Å²) in [6.07, 6.45) is 7.71. The zero-order chi connectivity index (χ0) is 35.7. The lowest BCUT2D eigenvalue weighted by Gasteiger charge is -2.47. The Morgan fingerprint density at radius 3 is 2.40 bits per heavy atom. The summed E-state index contributed by atoms with van der Waals surface area (Å²) in [6, 6.07) is 19.7. The van der Waals surface area contributed by atoms with E-state index in [-0.39, 0.29) is 25.9 Å². The quantitative estimate of drug-likeness (QED) is 0.122. The lowest BCUT2D eigenvalue weighted by atomic mass is 9.65. The van der Waals surface area contributed by atoms with Crippen molar-refractivity contribution in [1.82, 2.24) is 10.2 Å². The predicted octanol–water partition coefficient (Wildman–Crippen LogP) is 6.25. The standard InChI is InChI=1S/C41H53ClN2O6/c1-29-11-8-12-30(2)35(29)27-48-38-22-39(37(42)21-32(38)23-43-33(25-45)26-46)49-28-41(50-20-10-18-44-19-16-34(47)24-44)17-9-15-36(40(41,3)4)31-13-6-5-7-14-31/h5-9,11-15,17,21-22,33-34,43,45-47H,10,16,18-20,23-28H2,1-4H3/t34?,41-/m0/s1. The molecule has 3 aromatic carbocycles. The van der Waals surface area contributed by atoms with Crippen LogP contribution < -0.4 is 14.8 Å². The van der Waals surface area contributed by atoms with Crippen LogP contribution in [0.5, 0.6) is 11.5 Å². The van der Waals surface area contributed by atoms with Gasteiger partial charge >= 0.3 is 0 Å². The molecule has 1 heterocycles. The van der Waals surface area contributed by atoms with Crippen molar-refractivity contribution in [2.75, 3.05) is 46.1 Å². The molecule has 5 rings (SSSR count). The highest BCUT2D eigenvalue weighted by Crippen LogP contribution is 2.49. The molecule has 1 unspecified atom stereocenters. The molecule has 50 heavy (non-hydrogen) atoms. The van der Waals surface area contributed by atoms with Crippen molar-refractivity contribution in [3.8, 4) is 11.5 Å². The third-order valence-corrected chi connectivity index (χ3v) is 10.6. The molecular weight excluding hydrogens is 652 g/mol. The van der Waals surface area contributed by atoms with Gasteiger partial charge in [0.15, 0.2) is 0 Å². The number of aliphatic hydroxyl groups excluding tert-OH is 3. The minimum absolute atomic E-state index is 0.200. The van der Waals surface area contributed by atoms with Gasteiger partial charge in [-0.15, -0.1) is 0 Å². The highest BCUT2D eigenvalue weighted by molar-refractivity contribution is 6.32. The van der Waals surface area contributed by atoms with Crippen molar-refractivity contribution in [3.63, 3.8) is 0 Å². The molecule has 1 aliphatic heterocycles. The molecule has 2 atom stereocenters. The Bertz CT molecular complexity index is 1600. The van der Waals surface area contributed by atoms with E-state index in [2.05, 4.69) is 80.4 Å². The van der Waals surface area contributed by atoms with E-state index in [9.17, 15) is 15.3 Å². The van der Waals surface area contributed by atoms with Crippen molar-refractivity contribution in [2.24, 2.45) is 5.41 Å². The highest BCUT2D eigenvalue weighted by Gasteiger charge is 2.49. The smallest absolute Gasteiger partial charge is 0.141 e. The predicted molar refractivity (Wildman–Crippen MR) is 200 cm³/mol. The van der Waals surface area contributed by atoms with Crippen LogP contribution in [0.3, 0.4) is 0 Å². The number of allylic oxidation sites excluding steroid dienone is 2. The Hall–Kier alpha value is -3.21. The number of nitrogens with one attached hydrogen (secondary N) is 1. The second-order valence-corrected chi connectivity index (χ2v) is 14.5. The molecule has 1 fully saturated rings. The van der Waals surface area contributed by atoms with E-state index in [4.69, 9.17) is 25.8 Å². The summed E-state index contributed by atoms with van der Waals surface area (Å²) in [7, 11) is 0. The number of benzene rings is 3. The zero-order valence-corrected chi connectivity index (χ0v) is 30.6. The maximum absolute atomic E-state index is 9.99. The number of β-amino-alcohol motifs (C(OH)–C–C–N with tert-alkyl or cyclic N) is 1. The minimum atomic E-state index is -0.824. The molecule has 0 spiro atoms. The van der Waals surface area contributed by atoms with Gasteiger partial charge in [0.25, 0.3) is 0 Å². The molecule has 0 amide bonds. The molecule has 0 radical (unpaired) electrons. The molecule has 1 aliphatic carbocycles. The first-order chi connectivity index (χ1) is 24.1. The number of aryl methyl sites for hydroxylation is 2. The fourth-order valence-electron chi connectivity index (χ4n) is 6.89. The van der Waals surface area contributed by atoms with Crippen LogP contribution in [0.25, 0.3) is 5.57 Å². The summed E-state index contributed by atoms with van der Waals surface area (Å²) in [4.78, 5) is 2.29. The monoisotopic (exact) mass is 704 g/mol. The van der Waals surface area contributed by atoms with Gasteiger partial charge in [-0.3, -0.25) is 0 Å². The van der Waals surface area contributed by atoms with Gasteiger partial charge < -0.3 is 39.7 Å². The van der Waals surface area contributed by atoms with Crippen molar-refractivity contribution in [3.05, 3.63) is 112 Å². The molecule has 3 aromatic rings. The van der Waals surface area contributed by atoms with E-state index in [0.29, 0.717) is 42.8 Å². The van der Waals surface area contributed by atoms with E-state index < -0.39 is 17.1 Å². The molecule has 2 aliphatic rings. The first-order valence-corrected chi connectivity index (χ1v) is 18.0. The Morgan fingerprint density at radius 1 is 0.980 bits per heavy atom. The number of hydrogen-bond donors (Lipinski definition) is 4. The van der Waals surface area contributed by atoms with Crippen LogP contribution >= 0.6 is 11.6 Å². The molecular formula is C41H53ClN2O6. The summed E-state index contributed by atoms with van der Waals surface area (Å²) < 4.78 is 20.0. The Balaban J connectivity index is 1.41. The Morgan fingerprint density at radius 2 is 1.72 bits per heavy atom. The van der Waals surface area contributed by atoms with E-state index in [1.165, 1.54) is 0 Å². The molecule has 0 bridgehead atoms. The van der Waals surface area contributed by atoms with Crippen molar-refractivity contribution in [1.29, 1.82) is 0 Å². The summed E-state index contributed by atoms with van der Waals surface area (Å²) in [5, 5.41) is 32.9. The summed E-state index contributed by atoms with van der Waals surface area (Å²) in [5.41, 5.74) is 5.16. The first-order valence-electron chi connectivity index (χ1n) is 17.6. The Labute approximate surface area is 302 Å². The largest absolute Gasteiger partial charge is 0.488 e. The van der Waals surface area contributed by atoms with Crippen molar-refractivity contribution < 1.29 is 29.5 Å². The van der Waals surface area contributed by atoms with Crippen LogP contribution in [0.4, 0.5) is 0 Å². The molecule has 0 aromatic heterocycles. The average molecular weight is 705 g/mol. The van der Waals surface area contributed by atoms with Crippen LogP contribution in [-0.4, -0.2) is 84.0 Å². The lowest BCUT2D eigenvalue weighted by Crippen LogP contribution is -2.52. The third kappa shape index (κ3) is 8.98. The number of aliphatic hydroxyl groups is 3. The second kappa shape index (κ2) is 17.3. The third-order valence-electron chi connectivity index (χ3n) is 10.3. The molecule has 9 heteroatoms. The lowest BCUT2D eigenvalue weighted by molar-refractivity contribution is -0.0926. The fourth-order valence-corrected chi connectivity index (χ4v) is 7.13. The molecule has 270 valence electrons. The van der Waals surface area contributed by atoms with Crippen LogP contribution in [0.2, 0.25) is 5.02 Å². The topological polar surface area (TPSA) is 104 Å². The Kier molecular flexibility index (Phi) is 13.2. The molecule has 1 saturated heterocycles. The summed E-state index contributed by atoms with van der Waals surface area (Å²) in [5.74, 6) is 1.07. The minimum Gasteiger partial charge on any atom is -0.488 e. The number of ether oxygens (including phenoxy) is 3. The number of nitrogens with zero attached hydrogens (tertiary/aromatic N) is 1. The highest BCUT2D eigenvalue weighted by atomic mass is 35.5. The maximum atomic E-state index is 9.99. The number of hydrogen-bond acceptors (Lipinski definition) is 8. The van der Waals surface area contributed by atoms with E-state index >= 15 is 0 Å². The van der Waals surface area contributed by atoms with Gasteiger partial charge in [0.05, 0.1) is 30.4 Å². The van der Waals surface area contributed by atoms with Crippen LogP contribution in [0.1, 0.15) is 54.5 Å². The number of likely N-dealkylation sites (tertiary alicyclic amines) is 1. The van der Waals surface area contributed by atoms with E-state index in [1.54, 1.807) is 0 Å². The fraction of sp³-hybridized carbons (Fsp3) is 0.463. The SMILES string of the molecule is Cc1cccc(C)c1COc1cc(OC[C@@]2(OCCCN3CCC(O)C3)C=CC=C(c3ccccc3)C2(C)C)c(Cl)cc1CNC(CO)CO. The van der Waals surface area contributed by atoms with Gasteiger partial charge in [-0.2, -0.15) is 0 Å². The van der Waals surface area contributed by atoms with E-state index in [1.807, 2.05) is 36.4 Å². The van der Waals surface area contributed by atoms with Crippen LogP contribution in [-0.2, 0) is 17.9 Å². The van der Waals surface area contributed by atoms with E-state index in [0.717, 1.165) is 59.3 Å². The van der Waals surface area contributed by atoms with Gasteiger partial charge in [0.2, 0.25) is 0 Å². The van der Waals surface area contributed by atoms with Crippen LogP contribution in [0, 0.1) is 19.3 Å². The summed E-state index contributed by atoms with van der Waals surface area (Å²) >= 11 is 6.92. The second-order valence-electron chi connectivity index (χ2n) is 14.0. The van der Waals surface area contributed by atoms with Gasteiger partial charge in [0, 0.05) is 49.8 Å². The maximum Gasteiger partial charge on any atom is 0.141 e. The summed E-state index contributed by atoms with van der Waals surface area (Å²) in [6.45, 7) is 12.0. The molecule has 4 N–H and O–H groups in total. The molecule has 0 saturated carbocycles. The molecule has 8 nitrogen and oxygen atoms in total. The van der Waals surface area contributed by atoms with Gasteiger partial charge in [-0.25, -0.2) is 0 Å².